The fraction of sp³-hybridized carbons (Fsp3) is 0.200. The molecule has 9 heteroatoms. The molecule has 0 radical (unpaired) electrons. The van der Waals surface area contributed by atoms with Gasteiger partial charge in [-0.3, -0.25) is 14.6 Å². The molecule has 0 aliphatic carbocycles. The second-order valence-electron chi connectivity index (χ2n) is 11.1. The second-order valence-corrected chi connectivity index (χ2v) is 12.1. The van der Waals surface area contributed by atoms with Crippen LogP contribution in [0.1, 0.15) is 55.9 Å². The molecule has 1 saturated heterocycles. The van der Waals surface area contributed by atoms with Crippen molar-refractivity contribution in [2.75, 3.05) is 28.2 Å². The maximum absolute atomic E-state index is 14.4. The number of nitrogens with one attached hydrogen (secondary N) is 1. The molecule has 5 heterocycles. The SMILES string of the molecule is Cc1cccc(F)c1NC(=O)c1cc2c(s1)-c1ccccc1N(C(=O)c1cccc(N3CCC[C@@H]3c3ccccn3)n1)CC2. The van der Waals surface area contributed by atoms with Crippen molar-refractivity contribution in [1.82, 2.24) is 9.97 Å². The zero-order valence-electron chi connectivity index (χ0n) is 24.2. The molecule has 1 N–H and O–H groups in total. The van der Waals surface area contributed by atoms with Crippen LogP contribution in [0.5, 0.6) is 0 Å². The lowest BCUT2D eigenvalue weighted by Crippen LogP contribution is -2.33. The summed E-state index contributed by atoms with van der Waals surface area (Å²) in [4.78, 5) is 42.2. The number of halogens is 1. The van der Waals surface area contributed by atoms with E-state index in [9.17, 15) is 14.0 Å². The van der Waals surface area contributed by atoms with Gasteiger partial charge in [0.25, 0.3) is 11.8 Å². The zero-order chi connectivity index (χ0) is 30.2. The first-order chi connectivity index (χ1) is 21.5. The Bertz CT molecular complexity index is 1850. The number of rotatable bonds is 5. The summed E-state index contributed by atoms with van der Waals surface area (Å²) in [5, 5.41) is 2.75. The number of anilines is 3. The van der Waals surface area contributed by atoms with Crippen LogP contribution in [0.25, 0.3) is 10.4 Å². The zero-order valence-corrected chi connectivity index (χ0v) is 25.0. The molecule has 5 aromatic rings. The topological polar surface area (TPSA) is 78.4 Å². The number of hydrogen-bond donors (Lipinski definition) is 1. The highest BCUT2D eigenvalue weighted by Crippen LogP contribution is 2.42. The standard InChI is InChI=1S/C35H30FN5O2S/c1-22-9-6-11-25(36)32(22)39-34(42)30-21-23-17-20-41(28-14-3-2-10-24(28)33(23)44-30)35(43)27-13-7-16-31(38-27)40-19-8-15-29(40)26-12-4-5-18-37-26/h2-7,9-14,16,18,21,29H,8,15,17,19-20H2,1H3,(H,39,42)/t29-/m1/s1. The minimum absolute atomic E-state index is 0.123. The van der Waals surface area contributed by atoms with Crippen molar-refractivity contribution >= 4 is 40.3 Å². The molecule has 2 aliphatic rings. The van der Waals surface area contributed by atoms with E-state index in [4.69, 9.17) is 4.98 Å². The van der Waals surface area contributed by atoms with Crippen molar-refractivity contribution < 1.29 is 14.0 Å². The number of fused-ring (bicyclic) bond motifs is 3. The summed E-state index contributed by atoms with van der Waals surface area (Å²) in [7, 11) is 0. The lowest BCUT2D eigenvalue weighted by atomic mass is 10.1. The molecule has 7 nitrogen and oxygen atoms in total. The Morgan fingerprint density at radius 2 is 1.82 bits per heavy atom. The summed E-state index contributed by atoms with van der Waals surface area (Å²) in [6.45, 7) is 3.04. The van der Waals surface area contributed by atoms with Crippen LogP contribution in [0.3, 0.4) is 0 Å². The summed E-state index contributed by atoms with van der Waals surface area (Å²) < 4.78 is 14.4. The summed E-state index contributed by atoms with van der Waals surface area (Å²) in [6.07, 6.45) is 4.39. The average molecular weight is 604 g/mol. The first kappa shape index (κ1) is 27.9. The number of pyridine rings is 2. The van der Waals surface area contributed by atoms with Crippen molar-refractivity contribution in [3.05, 3.63) is 124 Å². The molecule has 0 saturated carbocycles. The van der Waals surface area contributed by atoms with Crippen molar-refractivity contribution in [2.45, 2.75) is 32.2 Å². The number of benzene rings is 2. The molecular weight excluding hydrogens is 573 g/mol. The average Bonchev–Trinajstić information content (AvgIpc) is 3.69. The monoisotopic (exact) mass is 603 g/mol. The Morgan fingerprint density at radius 1 is 0.977 bits per heavy atom. The normalized spacial score (nSPS) is 15.8. The van der Waals surface area contributed by atoms with Crippen LogP contribution in [0.2, 0.25) is 0 Å². The highest BCUT2D eigenvalue weighted by atomic mass is 32.1. The summed E-state index contributed by atoms with van der Waals surface area (Å²) >= 11 is 1.36. The minimum atomic E-state index is -0.467. The molecule has 1 atom stereocenters. The van der Waals surface area contributed by atoms with E-state index in [0.29, 0.717) is 29.1 Å². The quantitative estimate of drug-likeness (QED) is 0.226. The molecule has 7 rings (SSSR count). The number of amides is 2. The summed E-state index contributed by atoms with van der Waals surface area (Å²) in [6, 6.07) is 26.1. The smallest absolute Gasteiger partial charge is 0.276 e. The second kappa shape index (κ2) is 11.7. The maximum Gasteiger partial charge on any atom is 0.276 e. The molecule has 2 aliphatic heterocycles. The van der Waals surface area contributed by atoms with Gasteiger partial charge in [0.1, 0.15) is 17.3 Å². The van der Waals surface area contributed by atoms with E-state index in [-0.39, 0.29) is 23.5 Å². The van der Waals surface area contributed by atoms with Crippen LogP contribution in [-0.4, -0.2) is 34.9 Å². The van der Waals surface area contributed by atoms with E-state index in [1.165, 1.54) is 17.4 Å². The van der Waals surface area contributed by atoms with Crippen LogP contribution in [-0.2, 0) is 6.42 Å². The number of hydrogen-bond acceptors (Lipinski definition) is 6. The first-order valence-electron chi connectivity index (χ1n) is 14.7. The van der Waals surface area contributed by atoms with Crippen LogP contribution in [0.15, 0.2) is 91.1 Å². The third kappa shape index (κ3) is 5.13. The van der Waals surface area contributed by atoms with Gasteiger partial charge in [-0.2, -0.15) is 0 Å². The van der Waals surface area contributed by atoms with Crippen LogP contribution in [0.4, 0.5) is 21.6 Å². The Labute approximate surface area is 259 Å². The van der Waals surface area contributed by atoms with E-state index >= 15 is 0 Å². The lowest BCUT2D eigenvalue weighted by molar-refractivity contribution is 0.0981. The van der Waals surface area contributed by atoms with Gasteiger partial charge in [-0.25, -0.2) is 9.37 Å². The lowest BCUT2D eigenvalue weighted by Gasteiger charge is -2.26. The predicted octanol–water partition coefficient (Wildman–Crippen LogP) is 7.45. The van der Waals surface area contributed by atoms with Crippen molar-refractivity contribution in [3.8, 4) is 10.4 Å². The molecule has 0 bridgehead atoms. The van der Waals surface area contributed by atoms with E-state index in [0.717, 1.165) is 52.6 Å². The van der Waals surface area contributed by atoms with E-state index in [1.807, 2.05) is 66.9 Å². The van der Waals surface area contributed by atoms with E-state index in [2.05, 4.69) is 15.2 Å². The number of carbonyl (C=O) groups excluding carboxylic acids is 2. The van der Waals surface area contributed by atoms with Gasteiger partial charge in [-0.05, 0) is 79.8 Å². The molecule has 1 fully saturated rings. The number of thiophene rings is 1. The van der Waals surface area contributed by atoms with Gasteiger partial charge in [0, 0.05) is 29.7 Å². The Balaban J connectivity index is 1.17. The summed E-state index contributed by atoms with van der Waals surface area (Å²) in [5.74, 6) is -0.220. The number of aromatic nitrogens is 2. The molecule has 2 aromatic carbocycles. The van der Waals surface area contributed by atoms with Crippen molar-refractivity contribution in [2.24, 2.45) is 0 Å². The molecule has 0 spiro atoms. The number of aryl methyl sites for hydroxylation is 1. The molecule has 44 heavy (non-hydrogen) atoms. The van der Waals surface area contributed by atoms with Crippen molar-refractivity contribution in [1.29, 1.82) is 0 Å². The molecule has 220 valence electrons. The number of nitrogens with zero attached hydrogens (tertiary/aromatic N) is 4. The van der Waals surface area contributed by atoms with Crippen LogP contribution >= 0.6 is 11.3 Å². The fourth-order valence-corrected chi connectivity index (χ4v) is 7.29. The fourth-order valence-electron chi connectivity index (χ4n) is 6.15. The van der Waals surface area contributed by atoms with E-state index in [1.54, 1.807) is 30.0 Å². The third-order valence-electron chi connectivity index (χ3n) is 8.31. The maximum atomic E-state index is 14.4. The summed E-state index contributed by atoms with van der Waals surface area (Å²) in [5.41, 5.74) is 4.87. The highest BCUT2D eigenvalue weighted by molar-refractivity contribution is 7.17. The van der Waals surface area contributed by atoms with Gasteiger partial charge in [0.15, 0.2) is 0 Å². The van der Waals surface area contributed by atoms with Gasteiger partial charge >= 0.3 is 0 Å². The van der Waals surface area contributed by atoms with Gasteiger partial charge in [-0.1, -0.05) is 42.5 Å². The molecule has 2 amide bonds. The largest absolute Gasteiger partial charge is 0.348 e. The van der Waals surface area contributed by atoms with Gasteiger partial charge < -0.3 is 15.1 Å². The predicted molar refractivity (Wildman–Crippen MR) is 172 cm³/mol. The Hall–Kier alpha value is -4.89. The Morgan fingerprint density at radius 3 is 2.66 bits per heavy atom. The first-order valence-corrected chi connectivity index (χ1v) is 15.5. The molecular formula is C35H30FN5O2S. The van der Waals surface area contributed by atoms with Gasteiger partial charge in [-0.15, -0.1) is 11.3 Å². The van der Waals surface area contributed by atoms with Gasteiger partial charge in [0.05, 0.1) is 28.0 Å². The third-order valence-corrected chi connectivity index (χ3v) is 9.52. The van der Waals surface area contributed by atoms with Crippen molar-refractivity contribution in [3.63, 3.8) is 0 Å². The van der Waals surface area contributed by atoms with Crippen LogP contribution < -0.4 is 15.1 Å². The molecule has 3 aromatic heterocycles. The Kier molecular flexibility index (Phi) is 7.39. The van der Waals surface area contributed by atoms with Gasteiger partial charge in [0.2, 0.25) is 0 Å². The number of carbonyl (C=O) groups is 2. The van der Waals surface area contributed by atoms with E-state index < -0.39 is 5.82 Å². The van der Waals surface area contributed by atoms with Crippen LogP contribution in [0, 0.1) is 12.7 Å². The minimum Gasteiger partial charge on any atom is -0.348 e. The highest BCUT2D eigenvalue weighted by Gasteiger charge is 2.31. The molecule has 0 unspecified atom stereocenters. The number of para-hydroxylation sites is 2.